The molecule has 0 fully saturated rings. The highest BCUT2D eigenvalue weighted by Crippen LogP contribution is 2.12. The van der Waals surface area contributed by atoms with Crippen molar-refractivity contribution >= 4 is 17.5 Å². The van der Waals surface area contributed by atoms with E-state index in [0.717, 1.165) is 5.56 Å². The number of carbonyl (C=O) groups excluding carboxylic acids is 2. The summed E-state index contributed by atoms with van der Waals surface area (Å²) in [6.07, 6.45) is 1.15. The lowest BCUT2D eigenvalue weighted by atomic mass is 10.1. The van der Waals surface area contributed by atoms with Gasteiger partial charge in [0.1, 0.15) is 0 Å². The van der Waals surface area contributed by atoms with Gasteiger partial charge in [-0.2, -0.15) is 0 Å². The summed E-state index contributed by atoms with van der Waals surface area (Å²) in [7, 11) is 3.42. The smallest absolute Gasteiger partial charge is 0.253 e. The van der Waals surface area contributed by atoms with E-state index in [1.165, 1.54) is 4.90 Å². The third-order valence-corrected chi connectivity index (χ3v) is 3.31. The summed E-state index contributed by atoms with van der Waals surface area (Å²) in [5, 5.41) is 2.84. The maximum absolute atomic E-state index is 11.9. The van der Waals surface area contributed by atoms with Crippen molar-refractivity contribution in [2.75, 3.05) is 19.4 Å². The summed E-state index contributed by atoms with van der Waals surface area (Å²) in [6.45, 7) is 0. The number of benzene rings is 2. The summed E-state index contributed by atoms with van der Waals surface area (Å²) >= 11 is 0. The van der Waals surface area contributed by atoms with E-state index in [-0.39, 0.29) is 11.8 Å². The van der Waals surface area contributed by atoms with Gasteiger partial charge < -0.3 is 10.2 Å². The highest BCUT2D eigenvalue weighted by atomic mass is 16.2. The van der Waals surface area contributed by atoms with Gasteiger partial charge in [0.25, 0.3) is 5.91 Å². The van der Waals surface area contributed by atoms with Gasteiger partial charge in [-0.25, -0.2) is 0 Å². The first-order valence-electron chi connectivity index (χ1n) is 7.22. The largest absolute Gasteiger partial charge is 0.345 e. The second-order valence-corrected chi connectivity index (χ2v) is 5.31. The fraction of sp³-hybridized carbons (Fsp3) is 0.222. The van der Waals surface area contributed by atoms with Crippen molar-refractivity contribution in [1.29, 1.82) is 0 Å². The first kappa shape index (κ1) is 15.8. The molecule has 0 aliphatic rings. The molecule has 0 atom stereocenters. The van der Waals surface area contributed by atoms with E-state index in [0.29, 0.717) is 24.1 Å². The number of rotatable bonds is 5. The Morgan fingerprint density at radius 1 is 0.955 bits per heavy atom. The minimum Gasteiger partial charge on any atom is -0.345 e. The number of nitrogens with one attached hydrogen (secondary N) is 1. The van der Waals surface area contributed by atoms with Crippen LogP contribution < -0.4 is 5.32 Å². The lowest BCUT2D eigenvalue weighted by Gasteiger charge is -2.11. The van der Waals surface area contributed by atoms with Crippen LogP contribution in [0.4, 0.5) is 5.69 Å². The lowest BCUT2D eigenvalue weighted by molar-refractivity contribution is -0.116. The van der Waals surface area contributed by atoms with E-state index >= 15 is 0 Å². The van der Waals surface area contributed by atoms with E-state index < -0.39 is 0 Å². The topological polar surface area (TPSA) is 49.4 Å². The summed E-state index contributed by atoms with van der Waals surface area (Å²) in [4.78, 5) is 25.2. The van der Waals surface area contributed by atoms with Crippen LogP contribution in [-0.2, 0) is 11.2 Å². The zero-order valence-electron chi connectivity index (χ0n) is 12.9. The van der Waals surface area contributed by atoms with Gasteiger partial charge in [-0.3, -0.25) is 9.59 Å². The highest BCUT2D eigenvalue weighted by molar-refractivity contribution is 5.95. The molecule has 0 unspecified atom stereocenters. The molecule has 2 amide bonds. The lowest BCUT2D eigenvalue weighted by Crippen LogP contribution is -2.21. The van der Waals surface area contributed by atoms with Gasteiger partial charge in [0.15, 0.2) is 0 Å². The molecule has 0 spiro atoms. The third kappa shape index (κ3) is 4.45. The molecule has 0 radical (unpaired) electrons. The molecule has 0 saturated carbocycles. The number of nitrogens with zero attached hydrogens (tertiary/aromatic N) is 1. The third-order valence-electron chi connectivity index (χ3n) is 3.31. The maximum Gasteiger partial charge on any atom is 0.253 e. The average Bonchev–Trinajstić information content (AvgIpc) is 2.54. The van der Waals surface area contributed by atoms with E-state index in [1.54, 1.807) is 38.4 Å². The van der Waals surface area contributed by atoms with Crippen molar-refractivity contribution in [2.45, 2.75) is 12.8 Å². The van der Waals surface area contributed by atoms with Crippen LogP contribution in [0.15, 0.2) is 54.6 Å². The molecule has 0 bridgehead atoms. The Balaban J connectivity index is 1.88. The Morgan fingerprint density at radius 3 is 2.18 bits per heavy atom. The van der Waals surface area contributed by atoms with Crippen molar-refractivity contribution in [3.05, 3.63) is 65.7 Å². The van der Waals surface area contributed by atoms with Crippen molar-refractivity contribution in [2.24, 2.45) is 0 Å². The van der Waals surface area contributed by atoms with Crippen LogP contribution >= 0.6 is 0 Å². The SMILES string of the molecule is CN(C)C(=O)c1ccc(NC(=O)CCc2ccccc2)cc1. The van der Waals surface area contributed by atoms with E-state index in [2.05, 4.69) is 5.32 Å². The van der Waals surface area contributed by atoms with Crippen LogP contribution in [-0.4, -0.2) is 30.8 Å². The first-order chi connectivity index (χ1) is 10.6. The van der Waals surface area contributed by atoms with Gasteiger partial charge in [-0.05, 0) is 36.2 Å². The van der Waals surface area contributed by atoms with Crippen LogP contribution in [0.25, 0.3) is 0 Å². The predicted molar refractivity (Wildman–Crippen MR) is 87.9 cm³/mol. The summed E-state index contributed by atoms with van der Waals surface area (Å²) in [6, 6.07) is 16.8. The number of hydrogen-bond donors (Lipinski definition) is 1. The van der Waals surface area contributed by atoms with Gasteiger partial charge in [0.05, 0.1) is 0 Å². The van der Waals surface area contributed by atoms with Gasteiger partial charge in [-0.15, -0.1) is 0 Å². The van der Waals surface area contributed by atoms with E-state index in [9.17, 15) is 9.59 Å². The van der Waals surface area contributed by atoms with Gasteiger partial charge in [0, 0.05) is 31.8 Å². The standard InChI is InChI=1S/C18H20N2O2/c1-20(2)18(22)15-9-11-16(12-10-15)19-17(21)13-8-14-6-4-3-5-7-14/h3-7,9-12H,8,13H2,1-2H3,(H,19,21). The molecule has 22 heavy (non-hydrogen) atoms. The molecule has 2 aromatic rings. The monoisotopic (exact) mass is 296 g/mol. The normalized spacial score (nSPS) is 10.1. The highest BCUT2D eigenvalue weighted by Gasteiger charge is 2.08. The first-order valence-corrected chi connectivity index (χ1v) is 7.22. The maximum atomic E-state index is 11.9. The second kappa shape index (κ2) is 7.41. The Bertz CT molecular complexity index is 634. The summed E-state index contributed by atoms with van der Waals surface area (Å²) in [5.41, 5.74) is 2.45. The summed E-state index contributed by atoms with van der Waals surface area (Å²) < 4.78 is 0. The molecule has 0 saturated heterocycles. The quantitative estimate of drug-likeness (QED) is 0.922. The fourth-order valence-corrected chi connectivity index (χ4v) is 2.08. The molecule has 4 heteroatoms. The Morgan fingerprint density at radius 2 is 1.59 bits per heavy atom. The minimum absolute atomic E-state index is 0.0319. The zero-order valence-corrected chi connectivity index (χ0v) is 12.9. The molecule has 0 aromatic heterocycles. The van der Waals surface area contributed by atoms with Crippen molar-refractivity contribution in [3.8, 4) is 0 Å². The van der Waals surface area contributed by atoms with Crippen LogP contribution in [0.5, 0.6) is 0 Å². The molecule has 114 valence electrons. The summed E-state index contributed by atoms with van der Waals surface area (Å²) in [5.74, 6) is -0.0857. The van der Waals surface area contributed by atoms with Crippen LogP contribution in [0, 0.1) is 0 Å². The molecule has 0 aliphatic heterocycles. The van der Waals surface area contributed by atoms with Crippen LogP contribution in [0.3, 0.4) is 0 Å². The molecule has 0 heterocycles. The minimum atomic E-state index is -0.0537. The molecule has 4 nitrogen and oxygen atoms in total. The number of aryl methyl sites for hydroxylation is 1. The average molecular weight is 296 g/mol. The zero-order chi connectivity index (χ0) is 15.9. The molecule has 2 rings (SSSR count). The van der Waals surface area contributed by atoms with Crippen molar-refractivity contribution in [3.63, 3.8) is 0 Å². The predicted octanol–water partition coefficient (Wildman–Crippen LogP) is 2.96. The van der Waals surface area contributed by atoms with Crippen molar-refractivity contribution in [1.82, 2.24) is 4.90 Å². The number of hydrogen-bond acceptors (Lipinski definition) is 2. The number of amides is 2. The fourth-order valence-electron chi connectivity index (χ4n) is 2.08. The van der Waals surface area contributed by atoms with E-state index in [4.69, 9.17) is 0 Å². The van der Waals surface area contributed by atoms with Crippen LogP contribution in [0.2, 0.25) is 0 Å². The molecule has 1 N–H and O–H groups in total. The van der Waals surface area contributed by atoms with Gasteiger partial charge >= 0.3 is 0 Å². The molecule has 0 aliphatic carbocycles. The Labute approximate surface area is 130 Å². The van der Waals surface area contributed by atoms with Gasteiger partial charge in [-0.1, -0.05) is 30.3 Å². The second-order valence-electron chi connectivity index (χ2n) is 5.31. The van der Waals surface area contributed by atoms with E-state index in [1.807, 2.05) is 30.3 Å². The number of anilines is 1. The Hall–Kier alpha value is -2.62. The van der Waals surface area contributed by atoms with Crippen molar-refractivity contribution < 1.29 is 9.59 Å². The molecular formula is C18H20N2O2. The van der Waals surface area contributed by atoms with Crippen LogP contribution in [0.1, 0.15) is 22.3 Å². The Kier molecular flexibility index (Phi) is 5.31. The number of carbonyl (C=O) groups is 2. The molecule has 2 aromatic carbocycles. The van der Waals surface area contributed by atoms with Gasteiger partial charge in [0.2, 0.25) is 5.91 Å². The molecular weight excluding hydrogens is 276 g/mol.